The number of rotatable bonds is 3. The summed E-state index contributed by atoms with van der Waals surface area (Å²) in [6.07, 6.45) is 0. The number of carbonyl (C=O) groups is 1. The zero-order chi connectivity index (χ0) is 17.4. The monoisotopic (exact) mass is 359 g/mol. The van der Waals surface area contributed by atoms with Crippen LogP contribution in [0, 0.1) is 19.8 Å². The molecule has 0 spiro atoms. The van der Waals surface area contributed by atoms with Gasteiger partial charge in [-0.2, -0.15) is 0 Å². The van der Waals surface area contributed by atoms with E-state index in [2.05, 4.69) is 17.2 Å². The maximum atomic E-state index is 11.8. The normalized spacial score (nSPS) is 11.2. The number of carbonyl (C=O) groups excluding carboxylic acids is 1. The molecule has 0 radical (unpaired) electrons. The third kappa shape index (κ3) is 3.14. The van der Waals surface area contributed by atoms with Gasteiger partial charge in [0.1, 0.15) is 5.69 Å². The molecule has 6 heteroatoms. The summed E-state index contributed by atoms with van der Waals surface area (Å²) < 4.78 is 0. The third-order valence-corrected chi connectivity index (χ3v) is 5.05. The van der Waals surface area contributed by atoms with E-state index in [0.717, 1.165) is 16.5 Å². The van der Waals surface area contributed by atoms with Gasteiger partial charge in [0.15, 0.2) is 5.13 Å². The molecule has 0 fully saturated rings. The first-order valence-corrected chi connectivity index (χ1v) is 8.96. The molecule has 0 bridgehead atoms. The Labute approximate surface area is 149 Å². The molecule has 124 valence electrons. The van der Waals surface area contributed by atoms with Crippen LogP contribution in [0.15, 0.2) is 23.6 Å². The molecule has 0 unspecified atom stereocenters. The second-order valence-electron chi connectivity index (χ2n) is 6.07. The van der Waals surface area contributed by atoms with Crippen molar-refractivity contribution >= 4 is 44.9 Å². The molecule has 0 aliphatic heterocycles. The highest BCUT2D eigenvalue weighted by molar-refractivity contribution is 7.14. The summed E-state index contributed by atoms with van der Waals surface area (Å²) >= 11 is 7.82. The number of thiazole rings is 1. The molecule has 1 aromatic carbocycles. The molecule has 1 amide bonds. The largest absolute Gasteiger partial charge is 0.302 e. The molecule has 0 atom stereocenters. The Balaban J connectivity index is 2.02. The molecular formula is C18H18ClN3OS. The highest BCUT2D eigenvalue weighted by Crippen LogP contribution is 2.32. The molecule has 0 saturated heterocycles. The average molecular weight is 360 g/mol. The summed E-state index contributed by atoms with van der Waals surface area (Å²) in [5.74, 6) is -0.136. The maximum absolute atomic E-state index is 11.8. The van der Waals surface area contributed by atoms with E-state index in [1.54, 1.807) is 0 Å². The van der Waals surface area contributed by atoms with E-state index in [-0.39, 0.29) is 11.8 Å². The molecule has 3 aromatic rings. The van der Waals surface area contributed by atoms with Gasteiger partial charge in [0.25, 0.3) is 0 Å². The molecular weight excluding hydrogens is 342 g/mol. The van der Waals surface area contributed by atoms with E-state index in [9.17, 15) is 4.79 Å². The fraction of sp³-hybridized carbons (Fsp3) is 0.278. The highest BCUT2D eigenvalue weighted by Gasteiger charge is 2.14. The summed E-state index contributed by atoms with van der Waals surface area (Å²) in [6, 6.07) is 5.86. The predicted octanol–water partition coefficient (Wildman–Crippen LogP) is 5.22. The molecule has 24 heavy (non-hydrogen) atoms. The lowest BCUT2D eigenvalue weighted by Crippen LogP contribution is -2.17. The van der Waals surface area contributed by atoms with Crippen molar-refractivity contribution in [2.75, 3.05) is 5.32 Å². The smallest absolute Gasteiger partial charge is 0.228 e. The van der Waals surface area contributed by atoms with Crippen LogP contribution >= 0.6 is 22.9 Å². The van der Waals surface area contributed by atoms with Crippen molar-refractivity contribution < 1.29 is 4.79 Å². The van der Waals surface area contributed by atoms with Crippen LogP contribution in [0.3, 0.4) is 0 Å². The lowest BCUT2D eigenvalue weighted by molar-refractivity contribution is -0.118. The number of hydrogen-bond acceptors (Lipinski definition) is 4. The third-order valence-electron chi connectivity index (χ3n) is 3.98. The van der Waals surface area contributed by atoms with E-state index in [1.165, 1.54) is 16.9 Å². The topological polar surface area (TPSA) is 54.9 Å². The van der Waals surface area contributed by atoms with Crippen LogP contribution in [0.5, 0.6) is 0 Å². The molecule has 3 rings (SSSR count). The van der Waals surface area contributed by atoms with Crippen molar-refractivity contribution in [2.45, 2.75) is 27.7 Å². The lowest BCUT2D eigenvalue weighted by Gasteiger charge is -2.08. The van der Waals surface area contributed by atoms with Crippen LogP contribution < -0.4 is 5.32 Å². The number of amides is 1. The molecule has 2 aromatic heterocycles. The lowest BCUT2D eigenvalue weighted by atomic mass is 10.0. The Morgan fingerprint density at radius 1 is 1.21 bits per heavy atom. The summed E-state index contributed by atoms with van der Waals surface area (Å²) in [4.78, 5) is 21.0. The summed E-state index contributed by atoms with van der Waals surface area (Å²) in [5.41, 5.74) is 4.59. The number of nitrogens with zero attached hydrogens (tertiary/aromatic N) is 2. The van der Waals surface area contributed by atoms with Crippen LogP contribution in [-0.4, -0.2) is 15.9 Å². The van der Waals surface area contributed by atoms with Gasteiger partial charge in [-0.15, -0.1) is 11.3 Å². The SMILES string of the molecule is Cc1ccc2c(Cl)cc(-c3csc(NC(=O)C(C)C)n3)nc2c1C. The van der Waals surface area contributed by atoms with E-state index in [1.807, 2.05) is 44.4 Å². The molecule has 4 nitrogen and oxygen atoms in total. The number of aryl methyl sites for hydroxylation is 2. The van der Waals surface area contributed by atoms with E-state index in [0.29, 0.717) is 21.5 Å². The predicted molar refractivity (Wildman–Crippen MR) is 101 cm³/mol. The van der Waals surface area contributed by atoms with E-state index < -0.39 is 0 Å². The number of anilines is 1. The van der Waals surface area contributed by atoms with Crippen LogP contribution in [0.2, 0.25) is 5.02 Å². The Bertz CT molecular complexity index is 933. The number of nitrogens with one attached hydrogen (secondary N) is 1. The van der Waals surface area contributed by atoms with Crippen LogP contribution in [0.25, 0.3) is 22.3 Å². The number of benzene rings is 1. The number of fused-ring (bicyclic) bond motifs is 1. The Kier molecular flexibility index (Phi) is 4.56. The zero-order valence-corrected chi connectivity index (χ0v) is 15.5. The van der Waals surface area contributed by atoms with Gasteiger partial charge >= 0.3 is 0 Å². The first kappa shape index (κ1) is 16.9. The van der Waals surface area contributed by atoms with E-state index >= 15 is 0 Å². The van der Waals surface area contributed by atoms with Crippen molar-refractivity contribution in [3.05, 3.63) is 39.7 Å². The zero-order valence-electron chi connectivity index (χ0n) is 14.0. The second-order valence-corrected chi connectivity index (χ2v) is 7.34. The van der Waals surface area contributed by atoms with Gasteiger partial charge in [0.05, 0.1) is 16.2 Å². The van der Waals surface area contributed by atoms with Gasteiger partial charge < -0.3 is 5.32 Å². The fourth-order valence-electron chi connectivity index (χ4n) is 2.32. The Hall–Kier alpha value is -1.98. The quantitative estimate of drug-likeness (QED) is 0.697. The van der Waals surface area contributed by atoms with Crippen LogP contribution in [-0.2, 0) is 4.79 Å². The summed E-state index contributed by atoms with van der Waals surface area (Å²) in [7, 11) is 0. The first-order valence-electron chi connectivity index (χ1n) is 7.70. The average Bonchev–Trinajstić information content (AvgIpc) is 2.99. The maximum Gasteiger partial charge on any atom is 0.228 e. The van der Waals surface area contributed by atoms with Crippen molar-refractivity contribution in [1.29, 1.82) is 0 Å². The van der Waals surface area contributed by atoms with Gasteiger partial charge in [-0.1, -0.05) is 37.6 Å². The number of pyridine rings is 1. The van der Waals surface area contributed by atoms with Crippen molar-refractivity contribution in [3.63, 3.8) is 0 Å². The van der Waals surface area contributed by atoms with Crippen molar-refractivity contribution in [1.82, 2.24) is 9.97 Å². The minimum Gasteiger partial charge on any atom is -0.302 e. The number of hydrogen-bond donors (Lipinski definition) is 1. The first-order chi connectivity index (χ1) is 11.4. The Morgan fingerprint density at radius 3 is 2.67 bits per heavy atom. The molecule has 2 heterocycles. The van der Waals surface area contributed by atoms with Gasteiger partial charge in [-0.3, -0.25) is 4.79 Å². The molecule has 1 N–H and O–H groups in total. The van der Waals surface area contributed by atoms with Crippen LogP contribution in [0.1, 0.15) is 25.0 Å². The Morgan fingerprint density at radius 2 is 1.96 bits per heavy atom. The fourth-order valence-corrected chi connectivity index (χ4v) is 3.28. The van der Waals surface area contributed by atoms with Gasteiger partial charge in [-0.05, 0) is 31.0 Å². The van der Waals surface area contributed by atoms with E-state index in [4.69, 9.17) is 16.6 Å². The van der Waals surface area contributed by atoms with Crippen molar-refractivity contribution in [3.8, 4) is 11.4 Å². The molecule has 0 aliphatic rings. The highest BCUT2D eigenvalue weighted by atomic mass is 35.5. The second kappa shape index (κ2) is 6.49. The van der Waals surface area contributed by atoms with Crippen LogP contribution in [0.4, 0.5) is 5.13 Å². The minimum absolute atomic E-state index is 0.0492. The molecule has 0 saturated carbocycles. The van der Waals surface area contributed by atoms with Gasteiger partial charge in [0.2, 0.25) is 5.91 Å². The summed E-state index contributed by atoms with van der Waals surface area (Å²) in [6.45, 7) is 7.79. The van der Waals surface area contributed by atoms with Crippen molar-refractivity contribution in [2.24, 2.45) is 5.92 Å². The summed E-state index contributed by atoms with van der Waals surface area (Å²) in [5, 5.41) is 6.85. The van der Waals surface area contributed by atoms with Gasteiger partial charge in [0, 0.05) is 16.7 Å². The van der Waals surface area contributed by atoms with Gasteiger partial charge in [-0.25, -0.2) is 9.97 Å². The minimum atomic E-state index is -0.0868. The molecule has 0 aliphatic carbocycles. The standard InChI is InChI=1S/C18H18ClN3OS/c1-9(2)17(23)22-18-21-15(8-24-18)14-7-13(19)12-6-5-10(3)11(4)16(12)20-14/h5-9H,1-4H3,(H,21,22,23). The number of halogens is 1. The number of aromatic nitrogens is 2.